The Hall–Kier alpha value is -3.08. The summed E-state index contributed by atoms with van der Waals surface area (Å²) in [6.07, 6.45) is 10.7. The predicted molar refractivity (Wildman–Crippen MR) is 135 cm³/mol. The van der Waals surface area contributed by atoms with Crippen molar-refractivity contribution in [3.63, 3.8) is 0 Å². The van der Waals surface area contributed by atoms with Crippen LogP contribution in [-0.2, 0) is 4.79 Å². The number of nitrogens with one attached hydrogen (secondary N) is 2. The summed E-state index contributed by atoms with van der Waals surface area (Å²) in [5.74, 6) is 1.14. The van der Waals surface area contributed by atoms with Gasteiger partial charge in [-0.05, 0) is 75.3 Å². The molecule has 4 rings (SSSR count). The van der Waals surface area contributed by atoms with Gasteiger partial charge in [-0.2, -0.15) is 0 Å². The molecule has 34 heavy (non-hydrogen) atoms. The molecule has 0 atom stereocenters. The van der Waals surface area contributed by atoms with E-state index in [9.17, 15) is 14.0 Å². The summed E-state index contributed by atoms with van der Waals surface area (Å²) in [4.78, 5) is 31.0. The minimum Gasteiger partial charge on any atom is -0.359 e. The highest BCUT2D eigenvalue weighted by atomic mass is 35.5. The lowest BCUT2D eigenvalue weighted by molar-refractivity contribution is -0.113. The normalized spacial score (nSPS) is 20.6. The summed E-state index contributed by atoms with van der Waals surface area (Å²) in [6, 6.07) is 4.95. The van der Waals surface area contributed by atoms with E-state index in [0.717, 1.165) is 42.6 Å². The molecule has 0 radical (unpaired) electrons. The lowest BCUT2D eigenvalue weighted by atomic mass is 9.86. The second-order valence-electron chi connectivity index (χ2n) is 9.04. The van der Waals surface area contributed by atoms with Gasteiger partial charge in [0.1, 0.15) is 5.82 Å². The summed E-state index contributed by atoms with van der Waals surface area (Å²) in [5.41, 5.74) is 10.2. The molecule has 0 unspecified atom stereocenters. The molecule has 0 bridgehead atoms. The number of hydrogen-bond acceptors (Lipinski definition) is 3. The lowest BCUT2D eigenvalue weighted by Crippen LogP contribution is -2.36. The molecular weight excluding hydrogens is 455 g/mol. The first-order valence-electron chi connectivity index (χ1n) is 11.3. The number of anilines is 1. The van der Waals surface area contributed by atoms with Gasteiger partial charge in [0.2, 0.25) is 0 Å². The minimum absolute atomic E-state index is 0. The van der Waals surface area contributed by atoms with Crippen molar-refractivity contribution < 1.29 is 14.0 Å². The van der Waals surface area contributed by atoms with E-state index in [2.05, 4.69) is 16.2 Å². The molecule has 1 aromatic carbocycles. The van der Waals surface area contributed by atoms with Gasteiger partial charge < -0.3 is 20.9 Å². The number of aromatic amines is 1. The summed E-state index contributed by atoms with van der Waals surface area (Å²) >= 11 is 0. The molecule has 2 aliphatic rings. The molecule has 1 aromatic heterocycles. The van der Waals surface area contributed by atoms with E-state index < -0.39 is 11.7 Å². The molecule has 1 fully saturated rings. The molecule has 0 spiro atoms. The number of nitrogens with zero attached hydrogens (tertiary/aromatic N) is 1. The van der Waals surface area contributed by atoms with Gasteiger partial charge in [-0.1, -0.05) is 5.92 Å². The molecule has 180 valence electrons. The fourth-order valence-electron chi connectivity index (χ4n) is 4.77. The highest BCUT2D eigenvalue weighted by molar-refractivity contribution is 6.36. The summed E-state index contributed by atoms with van der Waals surface area (Å²) < 4.78 is 15.0. The van der Waals surface area contributed by atoms with Crippen molar-refractivity contribution in [3.8, 4) is 12.3 Å². The Morgan fingerprint density at radius 1 is 1.29 bits per heavy atom. The van der Waals surface area contributed by atoms with Crippen molar-refractivity contribution >= 4 is 41.6 Å². The largest absolute Gasteiger partial charge is 0.359 e. The number of aromatic nitrogens is 1. The van der Waals surface area contributed by atoms with Crippen LogP contribution in [0.4, 0.5) is 10.1 Å². The van der Waals surface area contributed by atoms with Crippen LogP contribution in [0.1, 0.15) is 58.6 Å². The second-order valence-corrected chi connectivity index (χ2v) is 9.04. The average Bonchev–Trinajstić information content (AvgIpc) is 3.23. The number of nitrogens with two attached hydrogens (primary N) is 1. The predicted octanol–water partition coefficient (Wildman–Crippen LogP) is 3.96. The van der Waals surface area contributed by atoms with Crippen LogP contribution >= 0.6 is 12.4 Å². The summed E-state index contributed by atoms with van der Waals surface area (Å²) in [5, 5.41) is 2.50. The number of carbonyl (C=O) groups excluding carboxylic acids is 2. The zero-order valence-electron chi connectivity index (χ0n) is 19.4. The van der Waals surface area contributed by atoms with Crippen LogP contribution < -0.4 is 16.0 Å². The number of terminal acetylenes is 1. The van der Waals surface area contributed by atoms with Crippen molar-refractivity contribution in [1.82, 2.24) is 10.3 Å². The number of carbonyl (C=O) groups is 2. The summed E-state index contributed by atoms with van der Waals surface area (Å²) in [6.45, 7) is 4.41. The molecule has 0 saturated heterocycles. The van der Waals surface area contributed by atoms with Crippen LogP contribution in [0.15, 0.2) is 18.2 Å². The van der Waals surface area contributed by atoms with Crippen molar-refractivity contribution in [2.75, 3.05) is 18.0 Å². The molecule has 1 saturated carbocycles. The summed E-state index contributed by atoms with van der Waals surface area (Å²) in [7, 11) is 0. The topological polar surface area (TPSA) is 91.2 Å². The second kappa shape index (κ2) is 10.5. The molecule has 2 aromatic rings. The standard InChI is InChI=1S/C26H29FN4O2.ClH/c1-4-9-29-25(32)21-13-24-19(11-22(21)27)20(12-23-15(2)10-16(3)30-23)26(33)31(24)14-17-5-7-18(28)8-6-17;/h1,10-13,17-18,30H,5-9,14,28H2,2-3H3,(H,29,32);1H/b20-12-;. The monoisotopic (exact) mass is 484 g/mol. The van der Waals surface area contributed by atoms with Gasteiger partial charge in [0.05, 0.1) is 23.4 Å². The Balaban J connectivity index is 0.00000324. The molecule has 4 N–H and O–H groups in total. The fourth-order valence-corrected chi connectivity index (χ4v) is 4.77. The quantitative estimate of drug-likeness (QED) is 0.443. The maximum Gasteiger partial charge on any atom is 0.259 e. The van der Waals surface area contributed by atoms with Gasteiger partial charge in [0.15, 0.2) is 0 Å². The Labute approximate surface area is 205 Å². The lowest BCUT2D eigenvalue weighted by Gasteiger charge is -2.30. The maximum atomic E-state index is 15.0. The Morgan fingerprint density at radius 2 is 2.00 bits per heavy atom. The van der Waals surface area contributed by atoms with Crippen molar-refractivity contribution in [3.05, 3.63) is 52.1 Å². The Morgan fingerprint density at radius 3 is 2.62 bits per heavy atom. The van der Waals surface area contributed by atoms with E-state index >= 15 is 0 Å². The average molecular weight is 485 g/mol. The van der Waals surface area contributed by atoms with Gasteiger partial charge in [-0.25, -0.2) is 4.39 Å². The zero-order valence-corrected chi connectivity index (χ0v) is 20.2. The van der Waals surface area contributed by atoms with E-state index in [1.165, 1.54) is 12.1 Å². The van der Waals surface area contributed by atoms with Crippen LogP contribution in [0.5, 0.6) is 0 Å². The smallest absolute Gasteiger partial charge is 0.259 e. The molecule has 8 heteroatoms. The van der Waals surface area contributed by atoms with Gasteiger partial charge in [-0.15, -0.1) is 18.8 Å². The minimum atomic E-state index is -0.688. The van der Waals surface area contributed by atoms with Crippen LogP contribution in [0.3, 0.4) is 0 Å². The molecule has 6 nitrogen and oxygen atoms in total. The van der Waals surface area contributed by atoms with E-state index in [1.54, 1.807) is 11.0 Å². The highest BCUT2D eigenvalue weighted by Crippen LogP contribution is 2.41. The van der Waals surface area contributed by atoms with Gasteiger partial charge in [-0.3, -0.25) is 9.59 Å². The van der Waals surface area contributed by atoms with E-state index in [-0.39, 0.29) is 36.5 Å². The van der Waals surface area contributed by atoms with Gasteiger partial charge in [0, 0.05) is 29.5 Å². The molecule has 2 heterocycles. The van der Waals surface area contributed by atoms with E-state index in [1.807, 2.05) is 19.9 Å². The van der Waals surface area contributed by atoms with Crippen LogP contribution in [0.25, 0.3) is 11.6 Å². The first kappa shape index (κ1) is 25.5. The van der Waals surface area contributed by atoms with Gasteiger partial charge >= 0.3 is 0 Å². The van der Waals surface area contributed by atoms with E-state index in [0.29, 0.717) is 29.3 Å². The van der Waals surface area contributed by atoms with Gasteiger partial charge in [0.25, 0.3) is 11.8 Å². The number of rotatable bonds is 5. The third-order valence-electron chi connectivity index (χ3n) is 6.55. The highest BCUT2D eigenvalue weighted by Gasteiger charge is 2.36. The first-order valence-corrected chi connectivity index (χ1v) is 11.3. The van der Waals surface area contributed by atoms with Crippen LogP contribution in [0, 0.1) is 37.9 Å². The number of benzene rings is 1. The number of H-pyrrole nitrogens is 1. The SMILES string of the molecule is C#CCNC(=O)c1cc2c(cc1F)/C(=C/c1[nH]c(C)cc1C)C(=O)N2CC1CCC(N)CC1.Cl. The first-order chi connectivity index (χ1) is 15.8. The third kappa shape index (κ3) is 5.03. The number of halogens is 2. The zero-order chi connectivity index (χ0) is 23.7. The third-order valence-corrected chi connectivity index (χ3v) is 6.55. The molecular formula is C26H30ClFN4O2. The Kier molecular flexibility index (Phi) is 7.86. The fraction of sp³-hybridized carbons (Fsp3) is 0.385. The van der Waals surface area contributed by atoms with Crippen molar-refractivity contribution in [1.29, 1.82) is 0 Å². The van der Waals surface area contributed by atoms with Crippen LogP contribution in [-0.4, -0.2) is 35.9 Å². The molecule has 1 aliphatic carbocycles. The molecule has 2 amide bonds. The maximum absolute atomic E-state index is 15.0. The number of amides is 2. The van der Waals surface area contributed by atoms with E-state index in [4.69, 9.17) is 12.2 Å². The number of aryl methyl sites for hydroxylation is 2. The van der Waals surface area contributed by atoms with Crippen LogP contribution in [0.2, 0.25) is 0 Å². The Bertz CT molecular complexity index is 1170. The number of fused-ring (bicyclic) bond motifs is 1. The molecule has 1 aliphatic heterocycles. The number of hydrogen-bond donors (Lipinski definition) is 3. The van der Waals surface area contributed by atoms with Crippen molar-refractivity contribution in [2.45, 2.75) is 45.6 Å². The van der Waals surface area contributed by atoms with Crippen molar-refractivity contribution in [2.24, 2.45) is 11.7 Å².